The van der Waals surface area contributed by atoms with Crippen LogP contribution < -0.4 is 10.2 Å². The van der Waals surface area contributed by atoms with E-state index in [4.69, 9.17) is 0 Å². The van der Waals surface area contributed by atoms with Crippen LogP contribution in [0, 0.1) is 11.3 Å². The SMILES string of the molecule is N#Cc1c(N2CCCCC2)sc2c1CCNC2. The van der Waals surface area contributed by atoms with Crippen molar-refractivity contribution in [1.82, 2.24) is 5.32 Å². The van der Waals surface area contributed by atoms with Crippen molar-refractivity contribution < 1.29 is 0 Å². The van der Waals surface area contributed by atoms with Crippen LogP contribution in [0.3, 0.4) is 0 Å². The van der Waals surface area contributed by atoms with E-state index in [1.807, 2.05) is 11.3 Å². The number of piperidine rings is 1. The molecule has 0 spiro atoms. The Kier molecular flexibility index (Phi) is 3.04. The summed E-state index contributed by atoms with van der Waals surface area (Å²) in [6, 6.07) is 2.44. The summed E-state index contributed by atoms with van der Waals surface area (Å²) < 4.78 is 0. The van der Waals surface area contributed by atoms with Crippen molar-refractivity contribution in [2.24, 2.45) is 0 Å². The molecule has 3 nitrogen and oxygen atoms in total. The molecule has 2 aliphatic heterocycles. The number of fused-ring (bicyclic) bond motifs is 1. The van der Waals surface area contributed by atoms with Gasteiger partial charge in [-0.05, 0) is 37.8 Å². The molecule has 3 rings (SSSR count). The van der Waals surface area contributed by atoms with Gasteiger partial charge < -0.3 is 10.2 Å². The molecule has 0 atom stereocenters. The molecular formula is C13H17N3S. The summed E-state index contributed by atoms with van der Waals surface area (Å²) in [6.07, 6.45) is 4.89. The highest BCUT2D eigenvalue weighted by atomic mass is 32.1. The Balaban J connectivity index is 1.98. The normalized spacial score (nSPS) is 19.8. The monoisotopic (exact) mass is 247 g/mol. The third-order valence-electron chi connectivity index (χ3n) is 3.66. The predicted molar refractivity (Wildman–Crippen MR) is 70.5 cm³/mol. The third kappa shape index (κ3) is 1.94. The smallest absolute Gasteiger partial charge is 0.110 e. The van der Waals surface area contributed by atoms with Gasteiger partial charge in [0.05, 0.1) is 5.56 Å². The number of rotatable bonds is 1. The fourth-order valence-corrected chi connectivity index (χ4v) is 4.07. The van der Waals surface area contributed by atoms with Crippen LogP contribution in [-0.4, -0.2) is 19.6 Å². The van der Waals surface area contributed by atoms with Crippen LogP contribution in [0.2, 0.25) is 0 Å². The number of hydrogen-bond donors (Lipinski definition) is 1. The minimum Gasteiger partial charge on any atom is -0.362 e. The summed E-state index contributed by atoms with van der Waals surface area (Å²) in [7, 11) is 0. The Morgan fingerprint density at radius 1 is 1.24 bits per heavy atom. The molecule has 0 saturated carbocycles. The topological polar surface area (TPSA) is 39.1 Å². The van der Waals surface area contributed by atoms with Crippen molar-refractivity contribution in [1.29, 1.82) is 5.26 Å². The van der Waals surface area contributed by atoms with Crippen molar-refractivity contribution in [2.45, 2.75) is 32.2 Å². The highest BCUT2D eigenvalue weighted by molar-refractivity contribution is 7.16. The molecule has 0 unspecified atom stereocenters. The summed E-state index contributed by atoms with van der Waals surface area (Å²) in [4.78, 5) is 3.80. The largest absolute Gasteiger partial charge is 0.362 e. The zero-order chi connectivity index (χ0) is 11.7. The molecule has 17 heavy (non-hydrogen) atoms. The van der Waals surface area contributed by atoms with E-state index >= 15 is 0 Å². The molecule has 4 heteroatoms. The van der Waals surface area contributed by atoms with Gasteiger partial charge in [0, 0.05) is 24.5 Å². The Labute approximate surface area is 106 Å². The summed E-state index contributed by atoms with van der Waals surface area (Å²) in [5.41, 5.74) is 2.28. The number of thiophene rings is 1. The fourth-order valence-electron chi connectivity index (χ4n) is 2.76. The van der Waals surface area contributed by atoms with Crippen molar-refractivity contribution in [3.63, 3.8) is 0 Å². The summed E-state index contributed by atoms with van der Waals surface area (Å²) >= 11 is 1.83. The van der Waals surface area contributed by atoms with E-state index in [2.05, 4.69) is 16.3 Å². The first-order valence-corrected chi connectivity index (χ1v) is 7.22. The molecule has 0 aliphatic carbocycles. The molecule has 1 saturated heterocycles. The van der Waals surface area contributed by atoms with E-state index in [9.17, 15) is 5.26 Å². The van der Waals surface area contributed by atoms with Crippen molar-refractivity contribution >= 4 is 16.3 Å². The number of nitrogens with one attached hydrogen (secondary N) is 1. The zero-order valence-electron chi connectivity index (χ0n) is 9.96. The molecule has 1 aromatic rings. The van der Waals surface area contributed by atoms with Crippen molar-refractivity contribution in [3.05, 3.63) is 16.0 Å². The zero-order valence-corrected chi connectivity index (χ0v) is 10.8. The molecule has 0 aromatic carbocycles. The minimum absolute atomic E-state index is 0.947. The number of nitrogens with zero attached hydrogens (tertiary/aromatic N) is 2. The molecule has 90 valence electrons. The summed E-state index contributed by atoms with van der Waals surface area (Å²) in [5.74, 6) is 0. The standard InChI is InChI=1S/C13H17N3S/c14-8-11-10-4-5-15-9-12(10)17-13(11)16-6-2-1-3-7-16/h15H,1-7,9H2. The Bertz CT molecular complexity index is 452. The lowest BCUT2D eigenvalue weighted by atomic mass is 10.0. The van der Waals surface area contributed by atoms with Gasteiger partial charge in [-0.3, -0.25) is 0 Å². The Hall–Kier alpha value is -1.05. The molecule has 0 amide bonds. The van der Waals surface area contributed by atoms with Crippen LogP contribution in [0.15, 0.2) is 0 Å². The number of anilines is 1. The highest BCUT2D eigenvalue weighted by Crippen LogP contribution is 2.38. The van der Waals surface area contributed by atoms with Gasteiger partial charge in [0.15, 0.2) is 0 Å². The molecular weight excluding hydrogens is 230 g/mol. The first kappa shape index (κ1) is 11.1. The van der Waals surface area contributed by atoms with Gasteiger partial charge in [0.25, 0.3) is 0 Å². The van der Waals surface area contributed by atoms with Crippen LogP contribution in [0.5, 0.6) is 0 Å². The van der Waals surface area contributed by atoms with Crippen LogP contribution in [-0.2, 0) is 13.0 Å². The fraction of sp³-hybridized carbons (Fsp3) is 0.615. The second-order valence-electron chi connectivity index (χ2n) is 4.77. The Morgan fingerprint density at radius 3 is 2.82 bits per heavy atom. The second-order valence-corrected chi connectivity index (χ2v) is 5.85. The van der Waals surface area contributed by atoms with Crippen molar-refractivity contribution in [3.8, 4) is 6.07 Å². The lowest BCUT2D eigenvalue weighted by Gasteiger charge is -2.27. The van der Waals surface area contributed by atoms with Gasteiger partial charge in [-0.2, -0.15) is 5.26 Å². The molecule has 1 fully saturated rings. The average Bonchev–Trinajstić information content (AvgIpc) is 2.78. The van der Waals surface area contributed by atoms with E-state index in [0.29, 0.717) is 0 Å². The van der Waals surface area contributed by atoms with Gasteiger partial charge in [-0.1, -0.05) is 0 Å². The van der Waals surface area contributed by atoms with Gasteiger partial charge in [-0.25, -0.2) is 0 Å². The van der Waals surface area contributed by atoms with E-state index in [1.165, 1.54) is 34.7 Å². The lowest BCUT2D eigenvalue weighted by Crippen LogP contribution is -2.29. The molecule has 1 aromatic heterocycles. The summed E-state index contributed by atoms with van der Waals surface area (Å²) in [5, 5.41) is 14.0. The molecule has 0 radical (unpaired) electrons. The van der Waals surface area contributed by atoms with Gasteiger partial charge in [-0.15, -0.1) is 11.3 Å². The quantitative estimate of drug-likeness (QED) is 0.827. The van der Waals surface area contributed by atoms with Gasteiger partial charge in [0.2, 0.25) is 0 Å². The van der Waals surface area contributed by atoms with Gasteiger partial charge in [0.1, 0.15) is 11.1 Å². The van der Waals surface area contributed by atoms with Crippen molar-refractivity contribution in [2.75, 3.05) is 24.5 Å². The molecule has 3 heterocycles. The van der Waals surface area contributed by atoms with E-state index in [0.717, 1.165) is 38.2 Å². The minimum atomic E-state index is 0.947. The Morgan fingerprint density at radius 2 is 2.06 bits per heavy atom. The average molecular weight is 247 g/mol. The third-order valence-corrected chi connectivity index (χ3v) is 4.96. The summed E-state index contributed by atoms with van der Waals surface area (Å²) in [6.45, 7) is 4.21. The lowest BCUT2D eigenvalue weighted by molar-refractivity contribution is 0.580. The molecule has 2 aliphatic rings. The maximum absolute atomic E-state index is 9.40. The van der Waals surface area contributed by atoms with E-state index in [-0.39, 0.29) is 0 Å². The van der Waals surface area contributed by atoms with Crippen LogP contribution in [0.1, 0.15) is 35.3 Å². The maximum Gasteiger partial charge on any atom is 0.110 e. The van der Waals surface area contributed by atoms with Crippen LogP contribution >= 0.6 is 11.3 Å². The number of hydrogen-bond acceptors (Lipinski definition) is 4. The maximum atomic E-state index is 9.40. The first-order valence-electron chi connectivity index (χ1n) is 6.40. The van der Waals surface area contributed by atoms with Crippen LogP contribution in [0.4, 0.5) is 5.00 Å². The second kappa shape index (κ2) is 4.67. The van der Waals surface area contributed by atoms with Crippen LogP contribution in [0.25, 0.3) is 0 Å². The predicted octanol–water partition coefficient (Wildman–Crippen LogP) is 2.26. The first-order chi connectivity index (χ1) is 8.40. The van der Waals surface area contributed by atoms with E-state index in [1.54, 1.807) is 0 Å². The molecule has 0 bridgehead atoms. The number of nitriles is 1. The van der Waals surface area contributed by atoms with E-state index < -0.39 is 0 Å². The van der Waals surface area contributed by atoms with Gasteiger partial charge >= 0.3 is 0 Å². The molecule has 1 N–H and O–H groups in total. The highest BCUT2D eigenvalue weighted by Gasteiger charge is 2.24.